The summed E-state index contributed by atoms with van der Waals surface area (Å²) in [5.41, 5.74) is 2.13. The van der Waals surface area contributed by atoms with Gasteiger partial charge in [0.2, 0.25) is 0 Å². The highest BCUT2D eigenvalue weighted by Crippen LogP contribution is 2.68. The molecule has 0 bridgehead atoms. The summed E-state index contributed by atoms with van der Waals surface area (Å²) in [6, 6.07) is 42.0. The summed E-state index contributed by atoms with van der Waals surface area (Å²) in [6.45, 7) is 9.03. The topological polar surface area (TPSA) is 47.9 Å². The maximum absolute atomic E-state index is 12.1. The van der Waals surface area contributed by atoms with Crippen molar-refractivity contribution in [1.82, 2.24) is 0 Å². The Bertz CT molecular complexity index is 1400. The molecule has 2 aliphatic rings. The van der Waals surface area contributed by atoms with E-state index < -0.39 is 14.4 Å². The van der Waals surface area contributed by atoms with Crippen molar-refractivity contribution < 1.29 is 19.0 Å². The molecule has 5 atom stereocenters. The molecule has 4 aromatic carbocycles. The smallest absolute Gasteiger partial charge is 0.261 e. The second-order valence-electron chi connectivity index (χ2n) is 13.4. The van der Waals surface area contributed by atoms with Crippen LogP contribution in [0.3, 0.4) is 0 Å². The van der Waals surface area contributed by atoms with Gasteiger partial charge in [0.1, 0.15) is 0 Å². The molecule has 2 fully saturated rings. The Morgan fingerprint density at radius 2 is 1.16 bits per heavy atom. The highest BCUT2D eigenvalue weighted by molar-refractivity contribution is 6.99. The molecule has 0 radical (unpaired) electrons. The third-order valence-corrected chi connectivity index (χ3v) is 14.7. The molecule has 0 unspecified atom stereocenters. The van der Waals surface area contributed by atoms with Gasteiger partial charge < -0.3 is 19.0 Å². The fourth-order valence-corrected chi connectivity index (χ4v) is 12.1. The highest BCUT2D eigenvalue weighted by atomic mass is 28.4. The second-order valence-corrected chi connectivity index (χ2v) is 17.6. The molecule has 43 heavy (non-hydrogen) atoms. The van der Waals surface area contributed by atoms with Crippen molar-refractivity contribution >= 4 is 18.7 Å². The third kappa shape index (κ3) is 5.89. The summed E-state index contributed by atoms with van der Waals surface area (Å²) in [6.07, 6.45) is 0.0367. The van der Waals surface area contributed by atoms with Gasteiger partial charge in [-0.05, 0) is 38.9 Å². The van der Waals surface area contributed by atoms with E-state index in [-0.39, 0.29) is 28.4 Å². The van der Waals surface area contributed by atoms with Gasteiger partial charge in [-0.25, -0.2) is 0 Å². The zero-order valence-corrected chi connectivity index (χ0v) is 26.6. The van der Waals surface area contributed by atoms with Crippen LogP contribution in [0.15, 0.2) is 121 Å². The first kappa shape index (κ1) is 30.0. The lowest BCUT2D eigenvalue weighted by molar-refractivity contribution is -0.0460. The normalized spacial score (nSPS) is 24.9. The fraction of sp³-hybridized carbons (Fsp3) is 0.368. The lowest BCUT2D eigenvalue weighted by Gasteiger charge is -2.45. The van der Waals surface area contributed by atoms with E-state index in [1.165, 1.54) is 10.4 Å². The van der Waals surface area contributed by atoms with Crippen molar-refractivity contribution in [1.29, 1.82) is 0 Å². The van der Waals surface area contributed by atoms with E-state index in [2.05, 4.69) is 106 Å². The molecule has 1 N–H and O–H groups in total. The zero-order chi connectivity index (χ0) is 29.9. The van der Waals surface area contributed by atoms with Gasteiger partial charge in [-0.1, -0.05) is 142 Å². The number of hydrogen-bond acceptors (Lipinski definition) is 4. The van der Waals surface area contributed by atoms with Gasteiger partial charge in [-0.2, -0.15) is 0 Å². The number of hydrogen-bond donors (Lipinski definition) is 1. The maximum atomic E-state index is 12.1. The first-order chi connectivity index (χ1) is 20.8. The summed E-state index contributed by atoms with van der Waals surface area (Å²) in [5.74, 6) is 0.144. The Morgan fingerprint density at radius 3 is 1.65 bits per heavy atom. The summed E-state index contributed by atoms with van der Waals surface area (Å²) in [5, 5.41) is 14.4. The van der Waals surface area contributed by atoms with Crippen molar-refractivity contribution in [2.75, 3.05) is 13.2 Å². The minimum Gasteiger partial charge on any atom is -0.402 e. The standard InChI is InChI=1S/C38H44O4Si/c1-37(2,3)43(31-20-12-6-13-21-31,32-22-14-7-15-23-32)42-36-33-24-38(33,28-41-26-30-18-10-5-11-19-30)34(35(36)39)27-40-25-29-16-8-4-9-17-29/h4-23,33-36,39H,24-28H2,1-3H3/t33-,34+,35-,36+,38+/m1/s1. The van der Waals surface area contributed by atoms with E-state index in [1.807, 2.05) is 36.4 Å². The molecule has 5 heteroatoms. The number of benzene rings is 4. The average molecular weight is 593 g/mol. The molecule has 0 saturated heterocycles. The number of ether oxygens (including phenoxy) is 2. The molecule has 0 heterocycles. The Labute approximate surface area is 257 Å². The van der Waals surface area contributed by atoms with Crippen LogP contribution in [-0.4, -0.2) is 38.8 Å². The summed E-state index contributed by atoms with van der Waals surface area (Å²) in [4.78, 5) is 0. The summed E-state index contributed by atoms with van der Waals surface area (Å²) in [7, 11) is -2.84. The maximum Gasteiger partial charge on any atom is 0.261 e. The molecule has 2 saturated carbocycles. The van der Waals surface area contributed by atoms with Gasteiger partial charge in [-0.3, -0.25) is 0 Å². The molecule has 0 amide bonds. The SMILES string of the molecule is CC(C)(C)[Si](O[C@@H]1[C@H](O)[C@H](COCc2ccccc2)[C@]2(COCc3ccccc3)C[C@H]12)(c1ccccc1)c1ccccc1. The van der Waals surface area contributed by atoms with E-state index >= 15 is 0 Å². The Hall–Kier alpha value is -3.06. The van der Waals surface area contributed by atoms with E-state index in [0.29, 0.717) is 26.4 Å². The average Bonchev–Trinajstić information content (AvgIpc) is 3.70. The minimum atomic E-state index is -2.84. The van der Waals surface area contributed by atoms with Crippen LogP contribution in [0.4, 0.5) is 0 Å². The molecular formula is C38H44O4Si. The molecule has 4 nitrogen and oxygen atoms in total. The van der Waals surface area contributed by atoms with E-state index in [1.54, 1.807) is 0 Å². The van der Waals surface area contributed by atoms with Crippen molar-refractivity contribution in [3.63, 3.8) is 0 Å². The first-order valence-corrected chi connectivity index (χ1v) is 17.5. The zero-order valence-electron chi connectivity index (χ0n) is 25.6. The monoisotopic (exact) mass is 592 g/mol. The molecule has 6 rings (SSSR count). The highest BCUT2D eigenvalue weighted by Gasteiger charge is 2.72. The number of aliphatic hydroxyl groups excluding tert-OH is 1. The van der Waals surface area contributed by atoms with E-state index in [9.17, 15) is 5.11 Å². The van der Waals surface area contributed by atoms with Crippen LogP contribution in [-0.2, 0) is 27.1 Å². The number of aliphatic hydroxyl groups is 1. The molecule has 4 aromatic rings. The fourth-order valence-electron chi connectivity index (χ4n) is 7.42. The summed E-state index contributed by atoms with van der Waals surface area (Å²) >= 11 is 0. The minimum absolute atomic E-state index is 0.0693. The van der Waals surface area contributed by atoms with Crippen molar-refractivity contribution in [2.24, 2.45) is 17.3 Å². The number of rotatable bonds is 12. The van der Waals surface area contributed by atoms with Gasteiger partial charge >= 0.3 is 0 Å². The third-order valence-electron chi connectivity index (χ3n) is 9.68. The van der Waals surface area contributed by atoms with Crippen LogP contribution in [0.2, 0.25) is 5.04 Å². The van der Waals surface area contributed by atoms with Crippen LogP contribution in [0, 0.1) is 17.3 Å². The predicted molar refractivity (Wildman–Crippen MR) is 175 cm³/mol. The van der Waals surface area contributed by atoms with Crippen LogP contribution in [0.5, 0.6) is 0 Å². The van der Waals surface area contributed by atoms with E-state index in [4.69, 9.17) is 13.9 Å². The van der Waals surface area contributed by atoms with Crippen LogP contribution < -0.4 is 10.4 Å². The lowest BCUT2D eigenvalue weighted by Crippen LogP contribution is -2.68. The molecule has 224 valence electrons. The quantitative estimate of drug-likeness (QED) is 0.195. The van der Waals surface area contributed by atoms with Gasteiger partial charge in [-0.15, -0.1) is 0 Å². The van der Waals surface area contributed by atoms with Crippen LogP contribution >= 0.6 is 0 Å². The van der Waals surface area contributed by atoms with Gasteiger partial charge in [0.05, 0.1) is 38.6 Å². The Kier molecular flexibility index (Phi) is 8.72. The van der Waals surface area contributed by atoms with Crippen molar-refractivity contribution in [2.45, 2.75) is 57.7 Å². The van der Waals surface area contributed by atoms with Crippen molar-refractivity contribution in [3.8, 4) is 0 Å². The van der Waals surface area contributed by atoms with Gasteiger partial charge in [0, 0.05) is 11.3 Å². The van der Waals surface area contributed by atoms with Crippen LogP contribution in [0.25, 0.3) is 0 Å². The predicted octanol–water partition coefficient (Wildman–Crippen LogP) is 6.36. The molecule has 0 aliphatic heterocycles. The van der Waals surface area contributed by atoms with Gasteiger partial charge in [0.15, 0.2) is 0 Å². The Balaban J connectivity index is 1.30. The largest absolute Gasteiger partial charge is 0.402 e. The second kappa shape index (κ2) is 12.5. The molecule has 0 aromatic heterocycles. The van der Waals surface area contributed by atoms with Crippen molar-refractivity contribution in [3.05, 3.63) is 132 Å². The molecule has 2 aliphatic carbocycles. The summed E-state index contributed by atoms with van der Waals surface area (Å²) < 4.78 is 20.3. The lowest BCUT2D eigenvalue weighted by atomic mass is 9.89. The molecule has 0 spiro atoms. The molecular weight excluding hydrogens is 549 g/mol. The number of fused-ring (bicyclic) bond motifs is 1. The Morgan fingerprint density at radius 1 is 0.698 bits per heavy atom. The first-order valence-electron chi connectivity index (χ1n) is 15.6. The van der Waals surface area contributed by atoms with E-state index in [0.717, 1.165) is 17.5 Å². The van der Waals surface area contributed by atoms with Crippen LogP contribution in [0.1, 0.15) is 38.3 Å². The van der Waals surface area contributed by atoms with Gasteiger partial charge in [0.25, 0.3) is 8.32 Å².